The van der Waals surface area contributed by atoms with E-state index in [1.807, 2.05) is 0 Å². The van der Waals surface area contributed by atoms with Crippen molar-refractivity contribution in [1.29, 1.82) is 0 Å². The van der Waals surface area contributed by atoms with Gasteiger partial charge in [0.15, 0.2) is 0 Å². The van der Waals surface area contributed by atoms with Crippen molar-refractivity contribution in [3.63, 3.8) is 0 Å². The molecule has 0 saturated carbocycles. The van der Waals surface area contributed by atoms with E-state index in [0.29, 0.717) is 21.7 Å². The van der Waals surface area contributed by atoms with Crippen LogP contribution in [-0.4, -0.2) is 0 Å². The third-order valence-corrected chi connectivity index (χ3v) is 3.67. The van der Waals surface area contributed by atoms with Gasteiger partial charge in [-0.3, -0.25) is 0 Å². The van der Waals surface area contributed by atoms with Gasteiger partial charge in [-0.15, -0.1) is 0 Å². The lowest BCUT2D eigenvalue weighted by molar-refractivity contribution is 0.471. The highest BCUT2D eigenvalue weighted by atomic mass is 14.2. The van der Waals surface area contributed by atoms with E-state index in [1.54, 1.807) is 0 Å². The number of allylic oxidation sites excluding steroid dienone is 4. The minimum Gasteiger partial charge on any atom is -0.0797 e. The van der Waals surface area contributed by atoms with Crippen LogP contribution in [-0.2, 0) is 0 Å². The average molecular weight is 309 g/mol. The van der Waals surface area contributed by atoms with Gasteiger partial charge in [0, 0.05) is 0 Å². The molecular formula is C22H44. The Hall–Kier alpha value is -0.520. The number of hydrogen-bond acceptors (Lipinski definition) is 0. The Labute approximate surface area is 142 Å². The first-order valence-electron chi connectivity index (χ1n) is 8.65. The molecule has 0 aliphatic rings. The van der Waals surface area contributed by atoms with E-state index in [-0.39, 0.29) is 0 Å². The molecule has 0 aromatic heterocycles. The van der Waals surface area contributed by atoms with Gasteiger partial charge in [0.05, 0.1) is 0 Å². The van der Waals surface area contributed by atoms with E-state index in [0.717, 1.165) is 0 Å². The molecule has 0 unspecified atom stereocenters. The Kier molecular flexibility index (Phi) is 8.46. The summed E-state index contributed by atoms with van der Waals surface area (Å²) in [6.45, 7) is 31.4. The Morgan fingerprint density at radius 1 is 0.455 bits per heavy atom. The summed E-state index contributed by atoms with van der Waals surface area (Å²) < 4.78 is 0. The molecule has 0 bridgehead atoms. The van der Waals surface area contributed by atoms with E-state index in [9.17, 15) is 0 Å². The lowest BCUT2D eigenvalue weighted by Gasteiger charge is -2.23. The standard InChI is InChI=1S/2C11H22/c2*1-9(11(5,6)7)8-10(2,3)4/h2*8H,1-7H3/b9-8-;. The predicted octanol–water partition coefficient (Wildman–Crippen LogP) is 8.05. The molecule has 0 radical (unpaired) electrons. The van der Waals surface area contributed by atoms with Gasteiger partial charge >= 0.3 is 0 Å². The molecule has 0 aromatic rings. The second-order valence-corrected chi connectivity index (χ2v) is 10.9. The van der Waals surface area contributed by atoms with Crippen LogP contribution in [0.25, 0.3) is 0 Å². The van der Waals surface area contributed by atoms with Gasteiger partial charge < -0.3 is 0 Å². The third-order valence-electron chi connectivity index (χ3n) is 3.67. The largest absolute Gasteiger partial charge is 0.0797 e. The van der Waals surface area contributed by atoms with Crippen molar-refractivity contribution < 1.29 is 0 Å². The van der Waals surface area contributed by atoms with Crippen molar-refractivity contribution in [2.75, 3.05) is 0 Å². The van der Waals surface area contributed by atoms with Gasteiger partial charge in [-0.2, -0.15) is 0 Å². The topological polar surface area (TPSA) is 0 Å². The molecule has 0 atom stereocenters. The van der Waals surface area contributed by atoms with Crippen molar-refractivity contribution in [3.8, 4) is 0 Å². The Morgan fingerprint density at radius 2 is 0.636 bits per heavy atom. The van der Waals surface area contributed by atoms with Gasteiger partial charge in [-0.25, -0.2) is 0 Å². The second-order valence-electron chi connectivity index (χ2n) is 10.9. The van der Waals surface area contributed by atoms with E-state index < -0.39 is 0 Å². The summed E-state index contributed by atoms with van der Waals surface area (Å²) in [5.74, 6) is 0. The quantitative estimate of drug-likeness (QED) is 0.397. The second kappa shape index (κ2) is 7.84. The van der Waals surface area contributed by atoms with Crippen molar-refractivity contribution in [2.24, 2.45) is 21.7 Å². The maximum atomic E-state index is 2.35. The van der Waals surface area contributed by atoms with E-state index in [2.05, 4.69) is 109 Å². The molecule has 22 heavy (non-hydrogen) atoms. The molecule has 0 heterocycles. The van der Waals surface area contributed by atoms with Crippen LogP contribution in [0.5, 0.6) is 0 Å². The smallest absolute Gasteiger partial charge is 0.0176 e. The summed E-state index contributed by atoms with van der Waals surface area (Å²) >= 11 is 0. The van der Waals surface area contributed by atoms with Gasteiger partial charge in [0.25, 0.3) is 0 Å². The number of hydrogen-bond donors (Lipinski definition) is 0. The van der Waals surface area contributed by atoms with Crippen LogP contribution in [0.1, 0.15) is 96.9 Å². The minimum atomic E-state index is 0.317. The fraction of sp³-hybridized carbons (Fsp3) is 0.818. The maximum Gasteiger partial charge on any atom is -0.0176 e. The zero-order chi connectivity index (χ0) is 18.6. The first-order chi connectivity index (χ1) is 9.26. The zero-order valence-corrected chi connectivity index (χ0v) is 18.2. The Morgan fingerprint density at radius 3 is 0.682 bits per heavy atom. The third kappa shape index (κ3) is 14.4. The van der Waals surface area contributed by atoms with Crippen molar-refractivity contribution in [2.45, 2.75) is 96.9 Å². The Bertz CT molecular complexity index is 336. The molecule has 132 valence electrons. The van der Waals surface area contributed by atoms with Crippen LogP contribution >= 0.6 is 0 Å². The summed E-state index contributed by atoms with van der Waals surface area (Å²) in [6, 6.07) is 0. The van der Waals surface area contributed by atoms with E-state index in [4.69, 9.17) is 0 Å². The molecule has 0 aliphatic heterocycles. The summed E-state index contributed by atoms with van der Waals surface area (Å²) in [5, 5.41) is 0. The van der Waals surface area contributed by atoms with Crippen LogP contribution in [0, 0.1) is 21.7 Å². The van der Waals surface area contributed by atoms with Crippen LogP contribution < -0.4 is 0 Å². The maximum absolute atomic E-state index is 2.35. The molecule has 0 fully saturated rings. The molecular weight excluding hydrogens is 264 g/mol. The van der Waals surface area contributed by atoms with Crippen LogP contribution in [0.3, 0.4) is 0 Å². The van der Waals surface area contributed by atoms with Crippen molar-refractivity contribution in [1.82, 2.24) is 0 Å². The molecule has 0 heteroatoms. The molecule has 0 amide bonds. The lowest BCUT2D eigenvalue weighted by atomic mass is 9.82. The first-order valence-corrected chi connectivity index (χ1v) is 8.65. The monoisotopic (exact) mass is 308 g/mol. The summed E-state index contributed by atoms with van der Waals surface area (Å²) in [5.41, 5.74) is 4.24. The van der Waals surface area contributed by atoms with Gasteiger partial charge in [0.1, 0.15) is 0 Å². The van der Waals surface area contributed by atoms with Crippen molar-refractivity contribution in [3.05, 3.63) is 23.3 Å². The molecule has 0 rings (SSSR count). The highest BCUT2D eigenvalue weighted by molar-refractivity contribution is 5.11. The SMILES string of the molecule is C/C(=C/C(C)(C)C)C(C)(C)C.CC(=CC(C)(C)C)C(C)(C)C. The molecule has 0 aliphatic carbocycles. The summed E-state index contributed by atoms with van der Waals surface area (Å²) in [7, 11) is 0. The van der Waals surface area contributed by atoms with Crippen LogP contribution in [0.15, 0.2) is 23.3 Å². The summed E-state index contributed by atoms with van der Waals surface area (Å²) in [6.07, 6.45) is 4.71. The van der Waals surface area contributed by atoms with Crippen LogP contribution in [0.2, 0.25) is 0 Å². The van der Waals surface area contributed by atoms with E-state index >= 15 is 0 Å². The van der Waals surface area contributed by atoms with Gasteiger partial charge in [-0.05, 0) is 35.5 Å². The van der Waals surface area contributed by atoms with Crippen LogP contribution in [0.4, 0.5) is 0 Å². The summed E-state index contributed by atoms with van der Waals surface area (Å²) in [4.78, 5) is 0. The molecule has 0 N–H and O–H groups in total. The normalized spacial score (nSPS) is 15.4. The minimum absolute atomic E-state index is 0.317. The Balaban J connectivity index is 0. The van der Waals surface area contributed by atoms with Gasteiger partial charge in [0.2, 0.25) is 0 Å². The fourth-order valence-electron chi connectivity index (χ4n) is 1.73. The molecule has 0 aromatic carbocycles. The molecule has 0 saturated heterocycles. The highest BCUT2D eigenvalue weighted by Gasteiger charge is 2.16. The zero-order valence-electron chi connectivity index (χ0n) is 18.2. The lowest BCUT2D eigenvalue weighted by Crippen LogP contribution is -2.10. The predicted molar refractivity (Wildman–Crippen MR) is 105 cm³/mol. The molecule has 0 spiro atoms. The van der Waals surface area contributed by atoms with E-state index in [1.165, 1.54) is 11.1 Å². The van der Waals surface area contributed by atoms with Gasteiger partial charge in [-0.1, -0.05) is 106 Å². The fourth-order valence-corrected chi connectivity index (χ4v) is 1.73. The van der Waals surface area contributed by atoms with Crippen molar-refractivity contribution >= 4 is 0 Å². The highest BCUT2D eigenvalue weighted by Crippen LogP contribution is 2.29. The average Bonchev–Trinajstić information content (AvgIpc) is 2.09. The molecule has 0 nitrogen and oxygen atoms in total. The first kappa shape index (κ1) is 23.7. The number of rotatable bonds is 0.